The Hall–Kier alpha value is -2.47. The highest BCUT2D eigenvalue weighted by Gasteiger charge is 2.18. The number of halogens is 2. The fourth-order valence-corrected chi connectivity index (χ4v) is 2.84. The number of hydrogen-bond donors (Lipinski definition) is 0. The molecular weight excluding hydrogens is 389 g/mol. The third-order valence-electron chi connectivity index (χ3n) is 3.81. The van der Waals surface area contributed by atoms with Crippen LogP contribution in [0, 0.1) is 12.7 Å². The molecule has 0 fully saturated rings. The van der Waals surface area contributed by atoms with Crippen LogP contribution in [0.3, 0.4) is 0 Å². The second-order valence-corrected chi connectivity index (χ2v) is 6.42. The Bertz CT molecular complexity index is 906. The van der Waals surface area contributed by atoms with Crippen molar-refractivity contribution in [3.63, 3.8) is 0 Å². The molecule has 0 bridgehead atoms. The number of methoxy groups -OCH3 is 1. The van der Waals surface area contributed by atoms with Crippen LogP contribution in [-0.4, -0.2) is 25.4 Å². The predicted octanol–water partition coefficient (Wildman–Crippen LogP) is 4.60. The van der Waals surface area contributed by atoms with E-state index in [1.165, 1.54) is 25.3 Å². The highest BCUT2D eigenvalue weighted by Crippen LogP contribution is 2.35. The van der Waals surface area contributed by atoms with Gasteiger partial charge in [0.25, 0.3) is 0 Å². The number of aryl methyl sites for hydroxylation is 1. The van der Waals surface area contributed by atoms with Crippen LogP contribution in [0.15, 0.2) is 45.9 Å². The van der Waals surface area contributed by atoms with Crippen molar-refractivity contribution in [3.05, 3.63) is 63.4 Å². The van der Waals surface area contributed by atoms with E-state index in [0.29, 0.717) is 11.4 Å². The molecule has 1 heterocycles. The molecule has 6 heteroatoms. The SMILES string of the molecule is COC(=O)C=Cc1cc2c(cc1F)N=C(c1cc(Br)ccc1C)CO2. The summed E-state index contributed by atoms with van der Waals surface area (Å²) in [4.78, 5) is 15.7. The summed E-state index contributed by atoms with van der Waals surface area (Å²) in [6, 6.07) is 8.73. The highest BCUT2D eigenvalue weighted by atomic mass is 79.9. The van der Waals surface area contributed by atoms with Gasteiger partial charge in [-0.25, -0.2) is 14.2 Å². The smallest absolute Gasteiger partial charge is 0.330 e. The molecule has 0 aromatic heterocycles. The number of aliphatic imine (C=N–C) groups is 1. The molecule has 0 saturated carbocycles. The normalized spacial score (nSPS) is 13.2. The largest absolute Gasteiger partial charge is 0.485 e. The van der Waals surface area contributed by atoms with Crippen molar-refractivity contribution in [3.8, 4) is 5.75 Å². The number of carbonyl (C=O) groups is 1. The van der Waals surface area contributed by atoms with Crippen LogP contribution in [0.25, 0.3) is 6.08 Å². The number of rotatable bonds is 3. The minimum absolute atomic E-state index is 0.237. The van der Waals surface area contributed by atoms with Crippen LogP contribution in [-0.2, 0) is 9.53 Å². The summed E-state index contributed by atoms with van der Waals surface area (Å²) < 4.78 is 25.5. The van der Waals surface area contributed by atoms with Gasteiger partial charge in [0.2, 0.25) is 0 Å². The maximum Gasteiger partial charge on any atom is 0.330 e. The molecule has 0 unspecified atom stereocenters. The van der Waals surface area contributed by atoms with Gasteiger partial charge in [-0.1, -0.05) is 22.0 Å². The van der Waals surface area contributed by atoms with E-state index in [2.05, 4.69) is 25.7 Å². The lowest BCUT2D eigenvalue weighted by Gasteiger charge is -2.19. The number of fused-ring (bicyclic) bond motifs is 1. The van der Waals surface area contributed by atoms with E-state index >= 15 is 0 Å². The first-order chi connectivity index (χ1) is 12.0. The molecule has 0 saturated heterocycles. The first-order valence-corrected chi connectivity index (χ1v) is 8.33. The zero-order valence-electron chi connectivity index (χ0n) is 13.7. The molecule has 0 N–H and O–H groups in total. The molecule has 0 atom stereocenters. The lowest BCUT2D eigenvalue weighted by Crippen LogP contribution is -2.17. The molecule has 2 aromatic carbocycles. The fourth-order valence-electron chi connectivity index (χ4n) is 2.48. The molecule has 25 heavy (non-hydrogen) atoms. The van der Waals surface area contributed by atoms with E-state index in [4.69, 9.17) is 4.74 Å². The van der Waals surface area contributed by atoms with Crippen LogP contribution in [0.4, 0.5) is 10.1 Å². The van der Waals surface area contributed by atoms with Gasteiger partial charge in [-0.05, 0) is 36.8 Å². The molecule has 2 aromatic rings. The molecular formula is C19H15BrFNO3. The standard InChI is InChI=1S/C19H15BrFNO3/c1-11-3-5-13(20)8-14(11)17-10-25-18-7-12(4-6-19(23)24-2)15(21)9-16(18)22-17/h3-9H,10H2,1-2H3. The average Bonchev–Trinajstić information content (AvgIpc) is 2.61. The van der Waals surface area contributed by atoms with Crippen molar-refractivity contribution in [2.45, 2.75) is 6.92 Å². The zero-order valence-corrected chi connectivity index (χ0v) is 15.3. The highest BCUT2D eigenvalue weighted by molar-refractivity contribution is 9.10. The van der Waals surface area contributed by atoms with Crippen molar-refractivity contribution < 1.29 is 18.7 Å². The Balaban J connectivity index is 1.98. The van der Waals surface area contributed by atoms with E-state index in [0.717, 1.165) is 27.4 Å². The molecule has 0 spiro atoms. The van der Waals surface area contributed by atoms with Gasteiger partial charge in [-0.3, -0.25) is 0 Å². The lowest BCUT2D eigenvalue weighted by atomic mass is 10.0. The minimum atomic E-state index is -0.552. The van der Waals surface area contributed by atoms with Gasteiger partial charge in [0.1, 0.15) is 23.9 Å². The molecule has 1 aliphatic heterocycles. The molecule has 3 rings (SSSR count). The number of carbonyl (C=O) groups excluding carboxylic acids is 1. The molecule has 0 aliphatic carbocycles. The number of esters is 1. The van der Waals surface area contributed by atoms with Gasteiger partial charge in [0.05, 0.1) is 12.8 Å². The minimum Gasteiger partial charge on any atom is -0.485 e. The van der Waals surface area contributed by atoms with Crippen molar-refractivity contribution in [1.82, 2.24) is 0 Å². The van der Waals surface area contributed by atoms with Gasteiger partial charge in [0.15, 0.2) is 0 Å². The Labute approximate surface area is 153 Å². The average molecular weight is 404 g/mol. The van der Waals surface area contributed by atoms with Crippen LogP contribution in [0.1, 0.15) is 16.7 Å². The van der Waals surface area contributed by atoms with Crippen molar-refractivity contribution in [2.75, 3.05) is 13.7 Å². The van der Waals surface area contributed by atoms with Crippen molar-refractivity contribution >= 4 is 39.4 Å². The quantitative estimate of drug-likeness (QED) is 0.555. The van der Waals surface area contributed by atoms with Crippen molar-refractivity contribution in [1.29, 1.82) is 0 Å². The van der Waals surface area contributed by atoms with Gasteiger partial charge in [-0.2, -0.15) is 0 Å². The summed E-state index contributed by atoms with van der Waals surface area (Å²) in [5.41, 5.74) is 3.42. The molecule has 128 valence electrons. The second kappa shape index (κ2) is 7.19. The van der Waals surface area contributed by atoms with E-state index in [-0.39, 0.29) is 12.2 Å². The Morgan fingerprint density at radius 1 is 1.36 bits per heavy atom. The van der Waals surface area contributed by atoms with E-state index in [9.17, 15) is 9.18 Å². The maximum absolute atomic E-state index is 14.3. The number of benzene rings is 2. The van der Waals surface area contributed by atoms with Crippen LogP contribution in [0.5, 0.6) is 5.75 Å². The molecule has 4 nitrogen and oxygen atoms in total. The third-order valence-corrected chi connectivity index (χ3v) is 4.30. The predicted molar refractivity (Wildman–Crippen MR) is 98.0 cm³/mol. The van der Waals surface area contributed by atoms with Crippen molar-refractivity contribution in [2.24, 2.45) is 4.99 Å². The van der Waals surface area contributed by atoms with E-state index in [1.807, 2.05) is 25.1 Å². The summed E-state index contributed by atoms with van der Waals surface area (Å²) in [5, 5.41) is 0. The van der Waals surface area contributed by atoms with Gasteiger partial charge in [0, 0.05) is 27.7 Å². The van der Waals surface area contributed by atoms with Crippen LogP contribution < -0.4 is 4.74 Å². The molecule has 0 amide bonds. The lowest BCUT2D eigenvalue weighted by molar-refractivity contribution is -0.134. The summed E-state index contributed by atoms with van der Waals surface area (Å²) in [5.74, 6) is -0.566. The summed E-state index contributed by atoms with van der Waals surface area (Å²) in [6.45, 7) is 2.27. The number of ether oxygens (including phenoxy) is 2. The second-order valence-electron chi connectivity index (χ2n) is 5.50. The van der Waals surface area contributed by atoms with Gasteiger partial charge < -0.3 is 9.47 Å². The van der Waals surface area contributed by atoms with Crippen LogP contribution >= 0.6 is 15.9 Å². The maximum atomic E-state index is 14.3. The first kappa shape index (κ1) is 17.4. The molecule has 1 aliphatic rings. The van der Waals surface area contributed by atoms with E-state index < -0.39 is 11.8 Å². The number of nitrogens with zero attached hydrogens (tertiary/aromatic N) is 1. The first-order valence-electron chi connectivity index (χ1n) is 7.54. The van der Waals surface area contributed by atoms with Gasteiger partial charge in [-0.15, -0.1) is 0 Å². The summed E-state index contributed by atoms with van der Waals surface area (Å²) in [7, 11) is 1.26. The monoisotopic (exact) mass is 403 g/mol. The van der Waals surface area contributed by atoms with Gasteiger partial charge >= 0.3 is 5.97 Å². The number of hydrogen-bond acceptors (Lipinski definition) is 4. The molecule has 0 radical (unpaired) electrons. The topological polar surface area (TPSA) is 47.9 Å². The third kappa shape index (κ3) is 3.79. The zero-order chi connectivity index (χ0) is 18.0. The van der Waals surface area contributed by atoms with Crippen LogP contribution in [0.2, 0.25) is 0 Å². The Kier molecular flexibility index (Phi) is 4.99. The Morgan fingerprint density at radius 2 is 2.16 bits per heavy atom. The fraction of sp³-hybridized carbons (Fsp3) is 0.158. The summed E-state index contributed by atoms with van der Waals surface area (Å²) in [6.07, 6.45) is 2.51. The van der Waals surface area contributed by atoms with E-state index in [1.54, 1.807) is 0 Å². The summed E-state index contributed by atoms with van der Waals surface area (Å²) >= 11 is 3.45. The Morgan fingerprint density at radius 3 is 2.92 bits per heavy atom.